The molecule has 24 heavy (non-hydrogen) atoms. The lowest BCUT2D eigenvalue weighted by molar-refractivity contribution is 0.0977. The number of nitrogens with one attached hydrogen (secondary N) is 2. The Bertz CT molecular complexity index is 736. The highest BCUT2D eigenvalue weighted by molar-refractivity contribution is 7.80. The molecule has 10 heteroatoms. The van der Waals surface area contributed by atoms with Gasteiger partial charge in [-0.25, -0.2) is 0 Å². The normalized spacial score (nSPS) is 10.3. The molecule has 2 N–H and O–H groups in total. The molecule has 2 rings (SSSR count). The molecule has 1 amide bonds. The van der Waals surface area contributed by atoms with E-state index in [-0.39, 0.29) is 11.1 Å². The van der Waals surface area contributed by atoms with Crippen LogP contribution in [-0.2, 0) is 6.54 Å². The summed E-state index contributed by atoms with van der Waals surface area (Å²) in [4.78, 5) is 13.6. The van der Waals surface area contributed by atoms with Crippen molar-refractivity contribution in [1.82, 2.24) is 25.5 Å². The van der Waals surface area contributed by atoms with Crippen molar-refractivity contribution in [2.75, 3.05) is 12.4 Å². The Morgan fingerprint density at radius 3 is 2.92 bits per heavy atom. The van der Waals surface area contributed by atoms with Gasteiger partial charge in [-0.1, -0.05) is 30.0 Å². The maximum absolute atomic E-state index is 12.1. The average Bonchev–Trinajstić information content (AvgIpc) is 2.99. The molecule has 0 spiro atoms. The first-order valence-corrected chi connectivity index (χ1v) is 8.05. The van der Waals surface area contributed by atoms with Gasteiger partial charge in [-0.3, -0.25) is 15.4 Å². The summed E-state index contributed by atoms with van der Waals surface area (Å²) in [6, 6.07) is 4.69. The lowest BCUT2D eigenvalue weighted by atomic mass is 10.2. The first-order valence-electron chi connectivity index (χ1n) is 7.27. The molecule has 1 aromatic carbocycles. The average molecular weight is 369 g/mol. The molecule has 0 saturated carbocycles. The predicted octanol–water partition coefficient (Wildman–Crippen LogP) is 2.26. The van der Waals surface area contributed by atoms with Crippen LogP contribution in [0.1, 0.15) is 30.1 Å². The summed E-state index contributed by atoms with van der Waals surface area (Å²) in [6.45, 7) is 2.75. The minimum Gasteiger partial charge on any atom is -0.495 e. The number of anilines is 1. The number of hydrogen-bond acceptors (Lipinski definition) is 6. The molecule has 0 aliphatic heterocycles. The van der Waals surface area contributed by atoms with Gasteiger partial charge in [0.1, 0.15) is 5.75 Å². The largest absolute Gasteiger partial charge is 0.495 e. The van der Waals surface area contributed by atoms with Gasteiger partial charge in [0.2, 0.25) is 0 Å². The zero-order valence-corrected chi connectivity index (χ0v) is 14.8. The van der Waals surface area contributed by atoms with Gasteiger partial charge >= 0.3 is 0 Å². The van der Waals surface area contributed by atoms with Crippen molar-refractivity contribution >= 4 is 40.8 Å². The molecule has 1 aromatic heterocycles. The van der Waals surface area contributed by atoms with Gasteiger partial charge < -0.3 is 4.74 Å². The molecule has 128 valence electrons. The monoisotopic (exact) mass is 368 g/mol. The molecule has 2 aromatic rings. The number of unbranched alkanes of at least 4 members (excludes halogenated alkanes) is 1. The minimum atomic E-state index is -0.407. The summed E-state index contributed by atoms with van der Waals surface area (Å²) in [5, 5.41) is 17.5. The number of aromatic nitrogens is 4. The Labute approximate surface area is 149 Å². The van der Waals surface area contributed by atoms with Crippen molar-refractivity contribution in [2.24, 2.45) is 0 Å². The third-order valence-electron chi connectivity index (χ3n) is 3.03. The maximum atomic E-state index is 12.1. The fraction of sp³-hybridized carbons (Fsp3) is 0.357. The van der Waals surface area contributed by atoms with Gasteiger partial charge in [-0.2, -0.15) is 4.80 Å². The van der Waals surface area contributed by atoms with Crippen LogP contribution >= 0.6 is 23.8 Å². The standard InChI is InChI=1S/C14H17ClN6O2S/c1-3-4-7-21-19-13(18-20-21)17-14(24)16-12(22)9-5-6-11(23-2)10(15)8-9/h5-6,8H,3-4,7H2,1-2H3,(H2,16,17,19,22,24). The number of halogens is 1. The van der Waals surface area contributed by atoms with E-state index >= 15 is 0 Å². The number of thiocarbonyl (C=S) groups is 1. The molecule has 0 radical (unpaired) electrons. The Hall–Kier alpha value is -2.26. The van der Waals surface area contributed by atoms with Crippen molar-refractivity contribution in [3.05, 3.63) is 28.8 Å². The topological polar surface area (TPSA) is 94.0 Å². The lowest BCUT2D eigenvalue weighted by Crippen LogP contribution is -2.34. The summed E-state index contributed by atoms with van der Waals surface area (Å²) in [5.74, 6) is 0.307. The van der Waals surface area contributed by atoms with Gasteiger partial charge in [0, 0.05) is 5.56 Å². The van der Waals surface area contributed by atoms with Crippen molar-refractivity contribution in [3.63, 3.8) is 0 Å². The summed E-state index contributed by atoms with van der Waals surface area (Å²) in [5.41, 5.74) is 0.351. The number of benzene rings is 1. The second-order valence-electron chi connectivity index (χ2n) is 4.82. The highest BCUT2D eigenvalue weighted by Gasteiger charge is 2.12. The van der Waals surface area contributed by atoms with Crippen LogP contribution in [0.15, 0.2) is 18.2 Å². The van der Waals surface area contributed by atoms with Crippen molar-refractivity contribution in [1.29, 1.82) is 0 Å². The predicted molar refractivity (Wildman–Crippen MR) is 94.4 cm³/mol. The number of carbonyl (C=O) groups excluding carboxylic acids is 1. The molecular formula is C14H17ClN6O2S. The highest BCUT2D eigenvalue weighted by Crippen LogP contribution is 2.24. The molecule has 0 unspecified atom stereocenters. The number of ether oxygens (including phenoxy) is 1. The van der Waals surface area contributed by atoms with E-state index in [9.17, 15) is 4.79 Å². The number of hydrogen-bond donors (Lipinski definition) is 2. The Balaban J connectivity index is 1.93. The van der Waals surface area contributed by atoms with Crippen LogP contribution in [0, 0.1) is 0 Å². The van der Waals surface area contributed by atoms with E-state index in [1.807, 2.05) is 0 Å². The van der Waals surface area contributed by atoms with Crippen molar-refractivity contribution in [3.8, 4) is 5.75 Å². The fourth-order valence-corrected chi connectivity index (χ4v) is 2.24. The summed E-state index contributed by atoms with van der Waals surface area (Å²) < 4.78 is 5.04. The van der Waals surface area contributed by atoms with Crippen molar-refractivity contribution < 1.29 is 9.53 Å². The quantitative estimate of drug-likeness (QED) is 0.755. The van der Waals surface area contributed by atoms with Crippen LogP contribution in [0.25, 0.3) is 0 Å². The number of carbonyl (C=O) groups is 1. The van der Waals surface area contributed by atoms with E-state index < -0.39 is 5.91 Å². The first-order chi connectivity index (χ1) is 11.5. The fourth-order valence-electron chi connectivity index (χ4n) is 1.80. The number of tetrazole rings is 1. The summed E-state index contributed by atoms with van der Waals surface area (Å²) in [6.07, 6.45) is 1.98. The van der Waals surface area contributed by atoms with Gasteiger partial charge in [-0.05, 0) is 42.1 Å². The zero-order valence-electron chi connectivity index (χ0n) is 13.2. The van der Waals surface area contributed by atoms with Crippen molar-refractivity contribution in [2.45, 2.75) is 26.3 Å². The van der Waals surface area contributed by atoms with E-state index in [4.69, 9.17) is 28.6 Å². The highest BCUT2D eigenvalue weighted by atomic mass is 35.5. The minimum absolute atomic E-state index is 0.0713. The zero-order chi connectivity index (χ0) is 17.5. The van der Waals surface area contributed by atoms with Crippen LogP contribution < -0.4 is 15.4 Å². The second kappa shape index (κ2) is 8.55. The van der Waals surface area contributed by atoms with Crippen LogP contribution in [0.5, 0.6) is 5.75 Å². The van der Waals surface area contributed by atoms with Crippen LogP contribution in [0.2, 0.25) is 5.02 Å². The second-order valence-corrected chi connectivity index (χ2v) is 5.64. The molecule has 0 atom stereocenters. The molecule has 0 fully saturated rings. The Morgan fingerprint density at radius 2 is 2.25 bits per heavy atom. The van der Waals surface area contributed by atoms with Gasteiger partial charge in [0.15, 0.2) is 5.11 Å². The molecule has 0 saturated heterocycles. The molecule has 0 aliphatic rings. The molecule has 1 heterocycles. The van der Waals surface area contributed by atoms with Gasteiger partial charge in [-0.15, -0.1) is 5.10 Å². The molecule has 0 bridgehead atoms. The number of amides is 1. The van der Waals surface area contributed by atoms with Crippen LogP contribution in [-0.4, -0.2) is 38.3 Å². The number of methoxy groups -OCH3 is 1. The van der Waals surface area contributed by atoms with E-state index in [0.29, 0.717) is 22.9 Å². The van der Waals surface area contributed by atoms with E-state index in [2.05, 4.69) is 33.0 Å². The SMILES string of the molecule is CCCCn1nnc(NC(=S)NC(=O)c2ccc(OC)c(Cl)c2)n1. The van der Waals surface area contributed by atoms with Crippen LogP contribution in [0.4, 0.5) is 5.95 Å². The Kier molecular flexibility index (Phi) is 6.44. The third-order valence-corrected chi connectivity index (χ3v) is 3.53. The van der Waals surface area contributed by atoms with E-state index in [0.717, 1.165) is 12.8 Å². The first kappa shape index (κ1) is 18.1. The number of nitrogens with zero attached hydrogens (tertiary/aromatic N) is 4. The molecule has 0 aliphatic carbocycles. The summed E-state index contributed by atoms with van der Waals surface area (Å²) in [7, 11) is 1.50. The van der Waals surface area contributed by atoms with Gasteiger partial charge in [0.05, 0.1) is 18.7 Å². The van der Waals surface area contributed by atoms with E-state index in [1.165, 1.54) is 18.0 Å². The molecule has 8 nitrogen and oxygen atoms in total. The third kappa shape index (κ3) is 4.87. The smallest absolute Gasteiger partial charge is 0.269 e. The maximum Gasteiger partial charge on any atom is 0.269 e. The number of rotatable bonds is 6. The lowest BCUT2D eigenvalue weighted by Gasteiger charge is -2.08. The van der Waals surface area contributed by atoms with Crippen LogP contribution in [0.3, 0.4) is 0 Å². The molecular weight excluding hydrogens is 352 g/mol. The number of aryl methyl sites for hydroxylation is 1. The van der Waals surface area contributed by atoms with Gasteiger partial charge in [0.25, 0.3) is 11.9 Å². The van der Waals surface area contributed by atoms with E-state index in [1.54, 1.807) is 12.1 Å². The Morgan fingerprint density at radius 1 is 1.46 bits per heavy atom. The summed E-state index contributed by atoms with van der Waals surface area (Å²) >= 11 is 11.1.